The molecule has 1 aliphatic heterocycles. The molecule has 0 aromatic heterocycles. The molecular formula is C18H22BrNO3. The first-order chi connectivity index (χ1) is 11.0. The number of carbonyl (C=O) groups excluding carboxylic acids is 2. The van der Waals surface area contributed by atoms with Gasteiger partial charge in [-0.2, -0.15) is 0 Å². The number of methoxy groups -OCH3 is 1. The zero-order valence-electron chi connectivity index (χ0n) is 13.5. The van der Waals surface area contributed by atoms with Gasteiger partial charge in [-0.1, -0.05) is 22.0 Å². The average molecular weight is 380 g/mol. The van der Waals surface area contributed by atoms with Gasteiger partial charge >= 0.3 is 0 Å². The van der Waals surface area contributed by atoms with E-state index in [-0.39, 0.29) is 11.7 Å². The van der Waals surface area contributed by atoms with Gasteiger partial charge in [-0.15, -0.1) is 0 Å². The second-order valence-corrected chi connectivity index (χ2v) is 7.68. The Labute approximate surface area is 145 Å². The van der Waals surface area contributed by atoms with Gasteiger partial charge in [-0.05, 0) is 61.8 Å². The summed E-state index contributed by atoms with van der Waals surface area (Å²) < 4.78 is 6.11. The number of halogens is 1. The summed E-state index contributed by atoms with van der Waals surface area (Å²) in [4.78, 5) is 25.6. The second-order valence-electron chi connectivity index (χ2n) is 6.77. The van der Waals surface area contributed by atoms with Crippen LogP contribution in [0.2, 0.25) is 0 Å². The summed E-state index contributed by atoms with van der Waals surface area (Å²) in [5.74, 6) is -0.297. The fourth-order valence-corrected chi connectivity index (χ4v) is 4.29. The Morgan fingerprint density at radius 2 is 2.00 bits per heavy atom. The van der Waals surface area contributed by atoms with E-state index in [1.54, 1.807) is 7.11 Å². The molecular weight excluding hydrogens is 358 g/mol. The van der Waals surface area contributed by atoms with Crippen molar-refractivity contribution in [1.82, 2.24) is 5.32 Å². The Bertz CT molecular complexity index is 635. The predicted octanol–water partition coefficient (Wildman–Crippen LogP) is 3.12. The molecule has 1 saturated carbocycles. The third kappa shape index (κ3) is 2.96. The number of Topliss-reactive ketones (excluding diaryl/α,β-unsaturated/α-hetero) is 1. The number of hydrogen-bond donors (Lipinski definition) is 1. The molecule has 23 heavy (non-hydrogen) atoms. The molecule has 2 aliphatic rings. The molecule has 1 spiro atoms. The fourth-order valence-electron chi connectivity index (χ4n) is 3.91. The van der Waals surface area contributed by atoms with Crippen LogP contribution in [-0.2, 0) is 14.3 Å². The van der Waals surface area contributed by atoms with Crippen molar-refractivity contribution in [2.45, 2.75) is 44.1 Å². The minimum Gasteiger partial charge on any atom is -0.384 e. The molecule has 2 fully saturated rings. The lowest BCUT2D eigenvalue weighted by atomic mass is 9.73. The van der Waals surface area contributed by atoms with Crippen molar-refractivity contribution in [3.8, 4) is 0 Å². The van der Waals surface area contributed by atoms with Gasteiger partial charge in [0.15, 0.2) is 5.78 Å². The number of aryl methyl sites for hydroxylation is 1. The van der Waals surface area contributed by atoms with Crippen LogP contribution in [0.1, 0.15) is 42.7 Å². The summed E-state index contributed by atoms with van der Waals surface area (Å²) >= 11 is 3.44. The molecule has 1 aromatic carbocycles. The first kappa shape index (κ1) is 16.7. The summed E-state index contributed by atoms with van der Waals surface area (Å²) in [6.45, 7) is 2.68. The quantitative estimate of drug-likeness (QED) is 0.820. The van der Waals surface area contributed by atoms with Crippen LogP contribution in [0.3, 0.4) is 0 Å². The van der Waals surface area contributed by atoms with E-state index in [0.717, 1.165) is 47.9 Å². The second kappa shape index (κ2) is 6.36. The van der Waals surface area contributed by atoms with Gasteiger partial charge in [0.1, 0.15) is 5.92 Å². The molecule has 3 rings (SSSR count). The highest BCUT2D eigenvalue weighted by molar-refractivity contribution is 9.10. The van der Waals surface area contributed by atoms with E-state index in [9.17, 15) is 9.59 Å². The highest BCUT2D eigenvalue weighted by Crippen LogP contribution is 2.41. The molecule has 1 unspecified atom stereocenters. The fraction of sp³-hybridized carbons (Fsp3) is 0.556. The number of ether oxygens (including phenoxy) is 1. The van der Waals surface area contributed by atoms with Crippen molar-refractivity contribution in [3.05, 3.63) is 33.8 Å². The summed E-state index contributed by atoms with van der Waals surface area (Å²) in [5.41, 5.74) is 1.13. The van der Waals surface area contributed by atoms with Crippen LogP contribution in [0.4, 0.5) is 0 Å². The van der Waals surface area contributed by atoms with Crippen LogP contribution in [0, 0.1) is 12.8 Å². The molecule has 1 N–H and O–H groups in total. The van der Waals surface area contributed by atoms with Gasteiger partial charge in [-0.25, -0.2) is 0 Å². The van der Waals surface area contributed by atoms with E-state index < -0.39 is 11.5 Å². The van der Waals surface area contributed by atoms with Gasteiger partial charge in [0.2, 0.25) is 5.91 Å². The SMILES string of the molecule is COCC1CCC2(CC1)NC(=O)C(c1cc(Br)ccc1C)C2=O. The molecule has 1 saturated heterocycles. The van der Waals surface area contributed by atoms with Crippen LogP contribution < -0.4 is 5.32 Å². The van der Waals surface area contributed by atoms with Gasteiger partial charge in [0, 0.05) is 18.2 Å². The maximum absolute atomic E-state index is 13.1. The highest BCUT2D eigenvalue weighted by atomic mass is 79.9. The van der Waals surface area contributed by atoms with Crippen molar-refractivity contribution in [2.75, 3.05) is 13.7 Å². The Morgan fingerprint density at radius 3 is 2.65 bits per heavy atom. The number of carbonyl (C=O) groups is 2. The Morgan fingerprint density at radius 1 is 1.30 bits per heavy atom. The average Bonchev–Trinajstić information content (AvgIpc) is 2.76. The lowest BCUT2D eigenvalue weighted by Gasteiger charge is -2.35. The summed E-state index contributed by atoms with van der Waals surface area (Å²) in [6.07, 6.45) is 3.28. The molecule has 1 aliphatic carbocycles. The Hall–Kier alpha value is -1.20. The summed E-state index contributed by atoms with van der Waals surface area (Å²) in [6, 6.07) is 5.77. The van der Waals surface area contributed by atoms with Crippen LogP contribution in [0.15, 0.2) is 22.7 Å². The molecule has 1 amide bonds. The van der Waals surface area contributed by atoms with E-state index in [1.807, 2.05) is 25.1 Å². The highest BCUT2D eigenvalue weighted by Gasteiger charge is 2.54. The molecule has 5 heteroatoms. The van der Waals surface area contributed by atoms with E-state index in [0.29, 0.717) is 5.92 Å². The molecule has 0 radical (unpaired) electrons. The van der Waals surface area contributed by atoms with Gasteiger partial charge in [0.25, 0.3) is 0 Å². The number of ketones is 1. The zero-order chi connectivity index (χ0) is 16.6. The van der Waals surface area contributed by atoms with Crippen molar-refractivity contribution < 1.29 is 14.3 Å². The van der Waals surface area contributed by atoms with Crippen LogP contribution in [0.25, 0.3) is 0 Å². The summed E-state index contributed by atoms with van der Waals surface area (Å²) in [7, 11) is 1.71. The molecule has 1 atom stereocenters. The van der Waals surface area contributed by atoms with E-state index in [1.165, 1.54) is 0 Å². The van der Waals surface area contributed by atoms with Gasteiger partial charge < -0.3 is 10.1 Å². The third-order valence-corrected chi connectivity index (χ3v) is 5.77. The van der Waals surface area contributed by atoms with Crippen molar-refractivity contribution in [1.29, 1.82) is 0 Å². The maximum atomic E-state index is 13.1. The van der Waals surface area contributed by atoms with E-state index in [2.05, 4.69) is 21.2 Å². The molecule has 0 bridgehead atoms. The first-order valence-electron chi connectivity index (χ1n) is 8.08. The molecule has 1 heterocycles. The Balaban J connectivity index is 1.85. The van der Waals surface area contributed by atoms with Gasteiger partial charge in [0.05, 0.1) is 5.54 Å². The number of nitrogens with one attached hydrogen (secondary N) is 1. The standard InChI is InChI=1S/C18H22BrNO3/c1-11-3-4-13(19)9-14(11)15-16(21)18(20-17(15)22)7-5-12(6-8-18)10-23-2/h3-4,9,12,15H,5-8,10H2,1-2H3,(H,20,22). The molecule has 124 valence electrons. The number of amides is 1. The smallest absolute Gasteiger partial charge is 0.235 e. The van der Waals surface area contributed by atoms with Gasteiger partial charge in [-0.3, -0.25) is 9.59 Å². The summed E-state index contributed by atoms with van der Waals surface area (Å²) in [5, 5.41) is 3.03. The number of hydrogen-bond acceptors (Lipinski definition) is 3. The lowest BCUT2D eigenvalue weighted by Crippen LogP contribution is -2.49. The largest absolute Gasteiger partial charge is 0.384 e. The van der Waals surface area contributed by atoms with Crippen LogP contribution >= 0.6 is 15.9 Å². The lowest BCUT2D eigenvalue weighted by molar-refractivity contribution is -0.126. The van der Waals surface area contributed by atoms with Crippen LogP contribution in [0.5, 0.6) is 0 Å². The third-order valence-electron chi connectivity index (χ3n) is 5.27. The number of rotatable bonds is 3. The first-order valence-corrected chi connectivity index (χ1v) is 8.87. The molecule has 4 nitrogen and oxygen atoms in total. The van der Waals surface area contributed by atoms with Crippen molar-refractivity contribution >= 4 is 27.6 Å². The van der Waals surface area contributed by atoms with Crippen molar-refractivity contribution in [3.63, 3.8) is 0 Å². The topological polar surface area (TPSA) is 55.4 Å². The minimum absolute atomic E-state index is 0.0413. The maximum Gasteiger partial charge on any atom is 0.235 e. The van der Waals surface area contributed by atoms with E-state index >= 15 is 0 Å². The normalized spacial score (nSPS) is 30.7. The monoisotopic (exact) mass is 379 g/mol. The van der Waals surface area contributed by atoms with E-state index in [4.69, 9.17) is 4.74 Å². The predicted molar refractivity (Wildman–Crippen MR) is 91.3 cm³/mol. The Kier molecular flexibility index (Phi) is 4.61. The zero-order valence-corrected chi connectivity index (χ0v) is 15.1. The number of benzene rings is 1. The minimum atomic E-state index is -0.675. The molecule has 1 aromatic rings. The van der Waals surface area contributed by atoms with Crippen LogP contribution in [-0.4, -0.2) is 30.9 Å². The van der Waals surface area contributed by atoms with Crippen molar-refractivity contribution in [2.24, 2.45) is 5.92 Å².